The van der Waals surface area contributed by atoms with Gasteiger partial charge >= 0.3 is 0 Å². The van der Waals surface area contributed by atoms with Crippen LogP contribution in [-0.2, 0) is 6.54 Å². The normalized spacial score (nSPS) is 10.6. The molecule has 0 aliphatic rings. The second kappa shape index (κ2) is 6.24. The SMILES string of the molecule is Clc1ncc(Br)cc1NCc1cn[nH]c1-c1cccnc1. The molecule has 21 heavy (non-hydrogen) atoms. The molecule has 0 unspecified atom stereocenters. The van der Waals surface area contributed by atoms with E-state index in [2.05, 4.69) is 41.4 Å². The number of rotatable bonds is 4. The summed E-state index contributed by atoms with van der Waals surface area (Å²) < 4.78 is 0.870. The van der Waals surface area contributed by atoms with Gasteiger partial charge in [-0.3, -0.25) is 10.1 Å². The maximum atomic E-state index is 6.07. The molecule has 3 aromatic rings. The van der Waals surface area contributed by atoms with Crippen molar-refractivity contribution >= 4 is 33.2 Å². The summed E-state index contributed by atoms with van der Waals surface area (Å²) in [5.41, 5.74) is 3.73. The van der Waals surface area contributed by atoms with Gasteiger partial charge in [-0.05, 0) is 34.1 Å². The van der Waals surface area contributed by atoms with Crippen molar-refractivity contribution in [2.75, 3.05) is 5.32 Å². The van der Waals surface area contributed by atoms with E-state index in [1.807, 2.05) is 18.2 Å². The minimum absolute atomic E-state index is 0.435. The highest BCUT2D eigenvalue weighted by molar-refractivity contribution is 9.10. The molecule has 3 aromatic heterocycles. The number of aromatic amines is 1. The zero-order valence-corrected chi connectivity index (χ0v) is 13.2. The maximum Gasteiger partial charge on any atom is 0.152 e. The molecule has 0 aliphatic heterocycles. The predicted octanol–water partition coefficient (Wildman–Crippen LogP) is 3.89. The van der Waals surface area contributed by atoms with Crippen LogP contribution in [0.1, 0.15) is 5.56 Å². The Kier molecular flexibility index (Phi) is 4.17. The van der Waals surface area contributed by atoms with Gasteiger partial charge in [-0.15, -0.1) is 0 Å². The Labute approximate surface area is 134 Å². The van der Waals surface area contributed by atoms with Crippen LogP contribution >= 0.6 is 27.5 Å². The molecule has 0 saturated carbocycles. The van der Waals surface area contributed by atoms with Gasteiger partial charge in [0.15, 0.2) is 5.15 Å². The first kappa shape index (κ1) is 14.0. The molecule has 3 rings (SSSR count). The fraction of sp³-hybridized carbons (Fsp3) is 0.0714. The Hall–Kier alpha value is -1.92. The Morgan fingerprint density at radius 1 is 1.29 bits per heavy atom. The molecule has 3 heterocycles. The van der Waals surface area contributed by atoms with Crippen molar-refractivity contribution in [2.24, 2.45) is 0 Å². The Morgan fingerprint density at radius 2 is 2.19 bits per heavy atom. The van der Waals surface area contributed by atoms with Gasteiger partial charge in [0, 0.05) is 40.7 Å². The second-order valence-corrected chi connectivity index (χ2v) is 5.63. The van der Waals surface area contributed by atoms with Gasteiger partial charge in [-0.2, -0.15) is 5.10 Å². The summed E-state index contributed by atoms with van der Waals surface area (Å²) in [5, 5.41) is 10.8. The lowest BCUT2D eigenvalue weighted by molar-refractivity contribution is 1.09. The quantitative estimate of drug-likeness (QED) is 0.689. The number of pyridine rings is 2. The van der Waals surface area contributed by atoms with E-state index in [1.165, 1.54) is 0 Å². The minimum Gasteiger partial charge on any atom is -0.378 e. The molecule has 7 heteroatoms. The third-order valence-electron chi connectivity index (χ3n) is 2.94. The monoisotopic (exact) mass is 363 g/mol. The van der Waals surface area contributed by atoms with E-state index < -0.39 is 0 Å². The molecular weight excluding hydrogens is 354 g/mol. The average Bonchev–Trinajstić information content (AvgIpc) is 2.97. The van der Waals surface area contributed by atoms with Crippen LogP contribution in [0.2, 0.25) is 5.15 Å². The molecular formula is C14H11BrClN5. The van der Waals surface area contributed by atoms with Crippen LogP contribution in [0.5, 0.6) is 0 Å². The minimum atomic E-state index is 0.435. The van der Waals surface area contributed by atoms with Crippen molar-refractivity contribution in [3.63, 3.8) is 0 Å². The summed E-state index contributed by atoms with van der Waals surface area (Å²) in [5.74, 6) is 0. The van der Waals surface area contributed by atoms with Crippen LogP contribution in [0.25, 0.3) is 11.3 Å². The van der Waals surface area contributed by atoms with E-state index in [4.69, 9.17) is 11.6 Å². The molecule has 0 aromatic carbocycles. The van der Waals surface area contributed by atoms with E-state index in [9.17, 15) is 0 Å². The lowest BCUT2D eigenvalue weighted by Gasteiger charge is -2.08. The lowest BCUT2D eigenvalue weighted by Crippen LogP contribution is -2.01. The molecule has 0 spiro atoms. The first-order valence-electron chi connectivity index (χ1n) is 6.21. The van der Waals surface area contributed by atoms with E-state index >= 15 is 0 Å². The first-order valence-corrected chi connectivity index (χ1v) is 7.38. The fourth-order valence-corrected chi connectivity index (χ4v) is 2.44. The van der Waals surface area contributed by atoms with Gasteiger partial charge in [0.05, 0.1) is 17.6 Å². The smallest absolute Gasteiger partial charge is 0.152 e. The summed E-state index contributed by atoms with van der Waals surface area (Å²) in [6.07, 6.45) is 6.98. The summed E-state index contributed by atoms with van der Waals surface area (Å²) in [6, 6.07) is 5.76. The molecule has 0 fully saturated rings. The maximum absolute atomic E-state index is 6.07. The van der Waals surface area contributed by atoms with Gasteiger partial charge in [0.2, 0.25) is 0 Å². The number of hydrogen-bond acceptors (Lipinski definition) is 4. The standard InChI is InChI=1S/C14H11BrClN5/c15-11-4-12(14(16)19-8-11)18-6-10-7-20-21-13(10)9-2-1-3-17-5-9/h1-5,7-8,18H,6H2,(H,20,21). The number of H-pyrrole nitrogens is 1. The summed E-state index contributed by atoms with van der Waals surface area (Å²) in [7, 11) is 0. The third kappa shape index (κ3) is 3.22. The largest absolute Gasteiger partial charge is 0.378 e. The Morgan fingerprint density at radius 3 is 3.00 bits per heavy atom. The number of nitrogens with zero attached hydrogens (tertiary/aromatic N) is 3. The van der Waals surface area contributed by atoms with Crippen LogP contribution in [0, 0.1) is 0 Å². The summed E-state index contributed by atoms with van der Waals surface area (Å²) in [6.45, 7) is 0.582. The van der Waals surface area contributed by atoms with Crippen molar-refractivity contribution in [1.82, 2.24) is 20.2 Å². The van der Waals surface area contributed by atoms with Crippen molar-refractivity contribution < 1.29 is 0 Å². The van der Waals surface area contributed by atoms with E-state index in [0.717, 1.165) is 27.0 Å². The number of hydrogen-bond donors (Lipinski definition) is 2. The molecule has 106 valence electrons. The molecule has 0 atom stereocenters. The summed E-state index contributed by atoms with van der Waals surface area (Å²) >= 11 is 9.44. The van der Waals surface area contributed by atoms with E-state index in [-0.39, 0.29) is 0 Å². The van der Waals surface area contributed by atoms with Crippen molar-refractivity contribution in [3.05, 3.63) is 58.2 Å². The third-order valence-corrected chi connectivity index (χ3v) is 3.68. The van der Waals surface area contributed by atoms with Gasteiger partial charge in [0.25, 0.3) is 0 Å². The zero-order valence-electron chi connectivity index (χ0n) is 10.8. The van der Waals surface area contributed by atoms with Crippen molar-refractivity contribution in [3.8, 4) is 11.3 Å². The predicted molar refractivity (Wildman–Crippen MR) is 86.1 cm³/mol. The molecule has 2 N–H and O–H groups in total. The van der Waals surface area contributed by atoms with Crippen LogP contribution in [0.15, 0.2) is 47.5 Å². The fourth-order valence-electron chi connectivity index (χ4n) is 1.94. The lowest BCUT2D eigenvalue weighted by atomic mass is 10.1. The van der Waals surface area contributed by atoms with Crippen LogP contribution < -0.4 is 5.32 Å². The number of aromatic nitrogens is 4. The van der Waals surface area contributed by atoms with Crippen molar-refractivity contribution in [1.29, 1.82) is 0 Å². The zero-order chi connectivity index (χ0) is 14.7. The topological polar surface area (TPSA) is 66.5 Å². The number of anilines is 1. The van der Waals surface area contributed by atoms with E-state index in [1.54, 1.807) is 24.8 Å². The Balaban J connectivity index is 1.81. The Bertz CT molecular complexity index is 744. The van der Waals surface area contributed by atoms with Crippen molar-refractivity contribution in [2.45, 2.75) is 6.54 Å². The van der Waals surface area contributed by atoms with Crippen LogP contribution in [-0.4, -0.2) is 20.2 Å². The summed E-state index contributed by atoms with van der Waals surface area (Å²) in [4.78, 5) is 8.20. The average molecular weight is 365 g/mol. The first-order chi connectivity index (χ1) is 10.2. The molecule has 0 radical (unpaired) electrons. The molecule has 0 amide bonds. The molecule has 0 bridgehead atoms. The molecule has 0 saturated heterocycles. The van der Waals surface area contributed by atoms with E-state index in [0.29, 0.717) is 11.7 Å². The number of nitrogens with one attached hydrogen (secondary N) is 2. The second-order valence-electron chi connectivity index (χ2n) is 4.36. The number of halogens is 2. The van der Waals surface area contributed by atoms with Gasteiger partial charge in [-0.1, -0.05) is 11.6 Å². The van der Waals surface area contributed by atoms with Gasteiger partial charge in [0.1, 0.15) is 0 Å². The molecule has 0 aliphatic carbocycles. The highest BCUT2D eigenvalue weighted by Crippen LogP contribution is 2.25. The van der Waals surface area contributed by atoms with Crippen LogP contribution in [0.4, 0.5) is 5.69 Å². The van der Waals surface area contributed by atoms with Gasteiger partial charge < -0.3 is 5.32 Å². The van der Waals surface area contributed by atoms with Gasteiger partial charge in [-0.25, -0.2) is 4.98 Å². The highest BCUT2D eigenvalue weighted by Gasteiger charge is 2.09. The molecule has 5 nitrogen and oxygen atoms in total. The highest BCUT2D eigenvalue weighted by atomic mass is 79.9. The van der Waals surface area contributed by atoms with Crippen LogP contribution in [0.3, 0.4) is 0 Å².